The maximum atomic E-state index is 12.5. The number of nitrogens with zero attached hydrogens (tertiary/aromatic N) is 1. The Hall–Kier alpha value is -0.890. The molecule has 1 fully saturated rings. The van der Waals surface area contributed by atoms with Crippen LogP contribution in [-0.4, -0.2) is 50.6 Å². The number of rotatable bonds is 9. The van der Waals surface area contributed by atoms with E-state index in [-0.39, 0.29) is 0 Å². The molecule has 1 aliphatic carbocycles. The minimum atomic E-state index is -3.43. The van der Waals surface area contributed by atoms with E-state index in [1.165, 1.54) is 17.1 Å². The number of hydrogen-bond donors (Lipinski definition) is 2. The van der Waals surface area contributed by atoms with E-state index in [1.54, 1.807) is 19.4 Å². The van der Waals surface area contributed by atoms with Crippen LogP contribution in [0.15, 0.2) is 17.2 Å². The highest BCUT2D eigenvalue weighted by Crippen LogP contribution is 2.20. The normalized spacial score (nSPS) is 15.9. The first-order valence-corrected chi connectivity index (χ1v) is 8.41. The summed E-state index contributed by atoms with van der Waals surface area (Å²) in [6.45, 7) is 3.72. The van der Waals surface area contributed by atoms with E-state index in [0.717, 1.165) is 5.69 Å². The molecule has 0 spiro atoms. The number of H-pyrrole nitrogens is 1. The van der Waals surface area contributed by atoms with Crippen molar-refractivity contribution in [1.29, 1.82) is 0 Å². The summed E-state index contributed by atoms with van der Waals surface area (Å²) in [6.07, 6.45) is 3.99. The van der Waals surface area contributed by atoms with Gasteiger partial charge >= 0.3 is 0 Å². The standard InChI is InChI=1S/C13H23N3O3S/c1-3-16(6-7-19-2)20(17,18)13-8-12(15-10-13)9-14-11-4-5-11/h8,10-11,14-15H,3-7,9H2,1-2H3. The lowest BCUT2D eigenvalue weighted by Gasteiger charge is -2.19. The van der Waals surface area contributed by atoms with Gasteiger partial charge in [-0.2, -0.15) is 4.31 Å². The molecular formula is C13H23N3O3S. The Balaban J connectivity index is 2.03. The van der Waals surface area contributed by atoms with E-state index < -0.39 is 10.0 Å². The van der Waals surface area contributed by atoms with E-state index in [4.69, 9.17) is 4.74 Å². The Bertz CT molecular complexity index is 523. The second-order valence-corrected chi connectivity index (χ2v) is 6.94. The molecular weight excluding hydrogens is 278 g/mol. The summed E-state index contributed by atoms with van der Waals surface area (Å²) in [5.74, 6) is 0. The summed E-state index contributed by atoms with van der Waals surface area (Å²) in [5.41, 5.74) is 0.901. The van der Waals surface area contributed by atoms with Crippen molar-refractivity contribution in [2.45, 2.75) is 37.2 Å². The van der Waals surface area contributed by atoms with E-state index in [1.807, 2.05) is 6.92 Å². The second-order valence-electron chi connectivity index (χ2n) is 5.01. The van der Waals surface area contributed by atoms with E-state index in [0.29, 0.717) is 37.2 Å². The highest BCUT2D eigenvalue weighted by molar-refractivity contribution is 7.89. The highest BCUT2D eigenvalue weighted by atomic mass is 32.2. The summed E-state index contributed by atoms with van der Waals surface area (Å²) < 4.78 is 31.3. The van der Waals surface area contributed by atoms with Gasteiger partial charge in [0.05, 0.1) is 11.5 Å². The van der Waals surface area contributed by atoms with E-state index >= 15 is 0 Å². The van der Waals surface area contributed by atoms with Crippen molar-refractivity contribution in [2.75, 3.05) is 26.8 Å². The molecule has 0 bridgehead atoms. The molecule has 0 unspecified atom stereocenters. The van der Waals surface area contributed by atoms with Gasteiger partial charge in [0, 0.05) is 44.7 Å². The zero-order valence-corrected chi connectivity index (χ0v) is 12.9. The zero-order chi connectivity index (χ0) is 14.6. The quantitative estimate of drug-likeness (QED) is 0.711. The first kappa shape index (κ1) is 15.5. The number of sulfonamides is 1. The minimum Gasteiger partial charge on any atom is -0.383 e. The van der Waals surface area contributed by atoms with Gasteiger partial charge in [0.15, 0.2) is 0 Å². The fourth-order valence-electron chi connectivity index (χ4n) is 2.00. The summed E-state index contributed by atoms with van der Waals surface area (Å²) in [5, 5.41) is 3.36. The molecule has 6 nitrogen and oxygen atoms in total. The molecule has 0 saturated heterocycles. The number of hydrogen-bond acceptors (Lipinski definition) is 4. The second kappa shape index (κ2) is 6.71. The van der Waals surface area contributed by atoms with Gasteiger partial charge in [0.2, 0.25) is 10.0 Å². The number of nitrogens with one attached hydrogen (secondary N) is 2. The molecule has 2 rings (SSSR count). The minimum absolute atomic E-state index is 0.322. The van der Waals surface area contributed by atoms with Crippen LogP contribution < -0.4 is 5.32 Å². The number of ether oxygens (including phenoxy) is 1. The zero-order valence-electron chi connectivity index (χ0n) is 12.1. The topological polar surface area (TPSA) is 74.4 Å². The van der Waals surface area contributed by atoms with Gasteiger partial charge in [0.1, 0.15) is 0 Å². The van der Waals surface area contributed by atoms with Crippen molar-refractivity contribution in [3.8, 4) is 0 Å². The Morgan fingerprint density at radius 1 is 1.50 bits per heavy atom. The molecule has 114 valence electrons. The SMILES string of the molecule is CCN(CCOC)S(=O)(=O)c1c[nH]c(CNC2CC2)c1. The first-order chi connectivity index (χ1) is 9.57. The summed E-state index contributed by atoms with van der Waals surface area (Å²) in [7, 11) is -1.86. The molecule has 0 radical (unpaired) electrons. The summed E-state index contributed by atoms with van der Waals surface area (Å²) >= 11 is 0. The maximum Gasteiger partial charge on any atom is 0.244 e. The van der Waals surface area contributed by atoms with Crippen LogP contribution in [-0.2, 0) is 21.3 Å². The molecule has 1 aliphatic rings. The third-order valence-corrected chi connectivity index (χ3v) is 5.36. The van der Waals surface area contributed by atoms with Crippen LogP contribution in [0.25, 0.3) is 0 Å². The number of likely N-dealkylation sites (N-methyl/N-ethyl adjacent to an activating group) is 1. The van der Waals surface area contributed by atoms with Crippen molar-refractivity contribution < 1.29 is 13.2 Å². The van der Waals surface area contributed by atoms with Crippen molar-refractivity contribution in [3.63, 3.8) is 0 Å². The van der Waals surface area contributed by atoms with Gasteiger partial charge in [0.25, 0.3) is 0 Å². The molecule has 2 N–H and O–H groups in total. The smallest absolute Gasteiger partial charge is 0.244 e. The summed E-state index contributed by atoms with van der Waals surface area (Å²) in [4.78, 5) is 3.35. The molecule has 0 aliphatic heterocycles. The lowest BCUT2D eigenvalue weighted by Crippen LogP contribution is -2.33. The van der Waals surface area contributed by atoms with Crippen LogP contribution in [0.3, 0.4) is 0 Å². The Morgan fingerprint density at radius 3 is 2.85 bits per heavy atom. The van der Waals surface area contributed by atoms with Crippen molar-refractivity contribution in [1.82, 2.24) is 14.6 Å². The largest absolute Gasteiger partial charge is 0.383 e. The van der Waals surface area contributed by atoms with Crippen LogP contribution in [0.4, 0.5) is 0 Å². The van der Waals surface area contributed by atoms with Crippen LogP contribution in [0.1, 0.15) is 25.5 Å². The average Bonchev–Trinajstić information content (AvgIpc) is 3.13. The Labute approximate surface area is 120 Å². The molecule has 0 atom stereocenters. The monoisotopic (exact) mass is 301 g/mol. The lowest BCUT2D eigenvalue weighted by molar-refractivity contribution is 0.180. The molecule has 0 aromatic carbocycles. The summed E-state index contributed by atoms with van der Waals surface area (Å²) in [6, 6.07) is 2.31. The molecule has 7 heteroatoms. The molecule has 1 heterocycles. The predicted octanol–water partition coefficient (Wildman–Crippen LogP) is 0.924. The van der Waals surface area contributed by atoms with Crippen LogP contribution in [0.5, 0.6) is 0 Å². The van der Waals surface area contributed by atoms with Crippen molar-refractivity contribution in [2.24, 2.45) is 0 Å². The van der Waals surface area contributed by atoms with Crippen LogP contribution >= 0.6 is 0 Å². The van der Waals surface area contributed by atoms with Gasteiger partial charge in [-0.05, 0) is 18.9 Å². The first-order valence-electron chi connectivity index (χ1n) is 6.97. The van der Waals surface area contributed by atoms with Gasteiger partial charge in [-0.3, -0.25) is 0 Å². The molecule has 1 aromatic heterocycles. The third kappa shape index (κ3) is 3.82. The van der Waals surface area contributed by atoms with Gasteiger partial charge in [-0.1, -0.05) is 6.92 Å². The van der Waals surface area contributed by atoms with Crippen molar-refractivity contribution >= 4 is 10.0 Å². The van der Waals surface area contributed by atoms with Crippen molar-refractivity contribution in [3.05, 3.63) is 18.0 Å². The number of aromatic nitrogens is 1. The number of aromatic amines is 1. The van der Waals surface area contributed by atoms with E-state index in [9.17, 15) is 8.42 Å². The highest BCUT2D eigenvalue weighted by Gasteiger charge is 2.24. The van der Waals surface area contributed by atoms with Crippen LogP contribution in [0.2, 0.25) is 0 Å². The predicted molar refractivity (Wildman–Crippen MR) is 77.0 cm³/mol. The molecule has 1 saturated carbocycles. The van der Waals surface area contributed by atoms with Crippen LogP contribution in [0, 0.1) is 0 Å². The number of methoxy groups -OCH3 is 1. The molecule has 1 aromatic rings. The van der Waals surface area contributed by atoms with E-state index in [2.05, 4.69) is 10.3 Å². The fraction of sp³-hybridized carbons (Fsp3) is 0.692. The average molecular weight is 301 g/mol. The van der Waals surface area contributed by atoms with Gasteiger partial charge < -0.3 is 15.0 Å². The Kier molecular flexibility index (Phi) is 5.20. The van der Waals surface area contributed by atoms with Gasteiger partial charge in [-0.15, -0.1) is 0 Å². The maximum absolute atomic E-state index is 12.5. The molecule has 0 amide bonds. The molecule has 20 heavy (non-hydrogen) atoms. The third-order valence-electron chi connectivity index (χ3n) is 3.41. The Morgan fingerprint density at radius 2 is 2.25 bits per heavy atom. The lowest BCUT2D eigenvalue weighted by atomic mass is 10.4. The fourth-order valence-corrected chi connectivity index (χ4v) is 3.45. The van der Waals surface area contributed by atoms with Gasteiger partial charge in [-0.25, -0.2) is 8.42 Å².